The normalized spacial score (nSPS) is 16.8. The summed E-state index contributed by atoms with van der Waals surface area (Å²) < 4.78 is 8.83. The highest BCUT2D eigenvalue weighted by Crippen LogP contribution is 2.36. The molecule has 2 aromatic rings. The molecule has 2 heterocycles. The number of nitrogens with zero attached hydrogens (tertiary/aromatic N) is 2. The van der Waals surface area contributed by atoms with Crippen LogP contribution in [0.3, 0.4) is 0 Å². The van der Waals surface area contributed by atoms with Crippen LogP contribution < -0.4 is 11.2 Å². The third-order valence-corrected chi connectivity index (χ3v) is 5.36. The molecule has 1 atom stereocenters. The van der Waals surface area contributed by atoms with Gasteiger partial charge < -0.3 is 4.74 Å². The van der Waals surface area contributed by atoms with Crippen molar-refractivity contribution in [2.24, 2.45) is 0 Å². The zero-order valence-electron chi connectivity index (χ0n) is 14.0. The predicted octanol–water partition coefficient (Wildman–Crippen LogP) is 2.95. The van der Waals surface area contributed by atoms with Crippen molar-refractivity contribution in [1.82, 2.24) is 9.13 Å². The second kappa shape index (κ2) is 7.40. The molecule has 0 saturated heterocycles. The van der Waals surface area contributed by atoms with Gasteiger partial charge in [0.25, 0.3) is 5.56 Å². The summed E-state index contributed by atoms with van der Waals surface area (Å²) in [7, 11) is 0. The lowest BCUT2D eigenvalue weighted by Gasteiger charge is -2.27. The molecule has 0 saturated carbocycles. The van der Waals surface area contributed by atoms with Gasteiger partial charge in [0.2, 0.25) is 0 Å². The molecule has 0 aliphatic carbocycles. The minimum absolute atomic E-state index is 0.0155. The first-order chi connectivity index (χ1) is 11.7. The van der Waals surface area contributed by atoms with Gasteiger partial charge in [0.1, 0.15) is 5.44 Å². The average molecular weight is 346 g/mol. The van der Waals surface area contributed by atoms with E-state index in [1.54, 1.807) is 4.57 Å². The van der Waals surface area contributed by atoms with E-state index < -0.39 is 0 Å². The van der Waals surface area contributed by atoms with E-state index >= 15 is 0 Å². The van der Waals surface area contributed by atoms with E-state index in [4.69, 9.17) is 4.74 Å². The van der Waals surface area contributed by atoms with Crippen LogP contribution in [0.4, 0.5) is 0 Å². The molecule has 1 aliphatic rings. The maximum atomic E-state index is 13.0. The Morgan fingerprint density at radius 2 is 1.96 bits per heavy atom. The molecule has 0 amide bonds. The molecule has 6 heteroatoms. The smallest absolute Gasteiger partial charge is 0.331 e. The summed E-state index contributed by atoms with van der Waals surface area (Å²) in [6.07, 6.45) is 1.52. The second-order valence-corrected chi connectivity index (χ2v) is 6.88. The fourth-order valence-electron chi connectivity index (χ4n) is 2.99. The predicted molar refractivity (Wildman–Crippen MR) is 96.6 cm³/mol. The fourth-order valence-corrected chi connectivity index (χ4v) is 4.29. The Morgan fingerprint density at radius 1 is 1.21 bits per heavy atom. The van der Waals surface area contributed by atoms with E-state index in [2.05, 4.69) is 0 Å². The standard InChI is InChI=1S/C18H22N2O3S/c1-3-11-19-16(21)15(13-8-6-5-7-9-13)17-20(18(19)22)12-10-14(24-17)23-4-2/h5-9,14H,3-4,10-12H2,1-2H3. The van der Waals surface area contributed by atoms with Crippen LogP contribution in [0.25, 0.3) is 11.1 Å². The number of thioether (sulfide) groups is 1. The zero-order chi connectivity index (χ0) is 17.1. The number of hydrogen-bond donors (Lipinski definition) is 0. The molecule has 3 rings (SSSR count). The maximum Gasteiger partial charge on any atom is 0.331 e. The van der Waals surface area contributed by atoms with Crippen molar-refractivity contribution in [2.75, 3.05) is 6.61 Å². The molecule has 5 nitrogen and oxygen atoms in total. The largest absolute Gasteiger partial charge is 0.367 e. The highest BCUT2D eigenvalue weighted by Gasteiger charge is 2.27. The van der Waals surface area contributed by atoms with Crippen molar-refractivity contribution in [1.29, 1.82) is 0 Å². The number of hydrogen-bond acceptors (Lipinski definition) is 4. The molecular formula is C18H22N2O3S. The molecule has 1 aromatic carbocycles. The minimum Gasteiger partial charge on any atom is -0.367 e. The van der Waals surface area contributed by atoms with Crippen LogP contribution >= 0.6 is 11.8 Å². The average Bonchev–Trinajstić information content (AvgIpc) is 2.60. The lowest BCUT2D eigenvalue weighted by Crippen LogP contribution is -2.43. The molecule has 128 valence electrons. The molecule has 1 aliphatic heterocycles. The molecular weight excluding hydrogens is 324 g/mol. The Morgan fingerprint density at radius 3 is 2.62 bits per heavy atom. The molecule has 0 bridgehead atoms. The van der Waals surface area contributed by atoms with Gasteiger partial charge in [-0.25, -0.2) is 4.79 Å². The molecule has 0 N–H and O–H groups in total. The van der Waals surface area contributed by atoms with E-state index in [0.717, 1.165) is 23.4 Å². The highest BCUT2D eigenvalue weighted by atomic mass is 32.2. The summed E-state index contributed by atoms with van der Waals surface area (Å²) in [5.74, 6) is 0. The summed E-state index contributed by atoms with van der Waals surface area (Å²) in [6.45, 7) is 5.57. The topological polar surface area (TPSA) is 53.2 Å². The van der Waals surface area contributed by atoms with Gasteiger partial charge in [-0.05, 0) is 18.9 Å². The quantitative estimate of drug-likeness (QED) is 0.781. The molecule has 0 spiro atoms. The SMILES string of the molecule is CCCn1c(=O)c(-c2ccccc2)c2n(c1=O)CCC(OCC)S2. The fraction of sp³-hybridized carbons (Fsp3) is 0.444. The van der Waals surface area contributed by atoms with Gasteiger partial charge in [-0.1, -0.05) is 49.0 Å². The van der Waals surface area contributed by atoms with E-state index in [0.29, 0.717) is 25.3 Å². The number of benzene rings is 1. The van der Waals surface area contributed by atoms with Crippen molar-refractivity contribution in [3.8, 4) is 11.1 Å². The van der Waals surface area contributed by atoms with E-state index in [1.807, 2.05) is 44.2 Å². The Hall–Kier alpha value is -1.79. The molecule has 0 fully saturated rings. The number of fused-ring (bicyclic) bond motifs is 1. The number of rotatable bonds is 5. The molecule has 0 radical (unpaired) electrons. The zero-order valence-corrected chi connectivity index (χ0v) is 14.8. The second-order valence-electron chi connectivity index (χ2n) is 5.73. The Bertz CT molecular complexity index is 827. The Kier molecular flexibility index (Phi) is 5.26. The van der Waals surface area contributed by atoms with Crippen LogP contribution in [-0.2, 0) is 17.8 Å². The van der Waals surface area contributed by atoms with Gasteiger partial charge in [-0.3, -0.25) is 13.9 Å². The first kappa shape index (κ1) is 17.0. The van der Waals surface area contributed by atoms with Crippen LogP contribution in [-0.4, -0.2) is 21.2 Å². The Labute approximate surface area is 145 Å². The number of aromatic nitrogens is 2. The molecule has 1 aromatic heterocycles. The van der Waals surface area contributed by atoms with Crippen LogP contribution in [0.2, 0.25) is 0 Å². The number of ether oxygens (including phenoxy) is 1. The summed E-state index contributed by atoms with van der Waals surface area (Å²) in [4.78, 5) is 25.8. The third-order valence-electron chi connectivity index (χ3n) is 4.07. The molecule has 24 heavy (non-hydrogen) atoms. The van der Waals surface area contributed by atoms with E-state index in [9.17, 15) is 9.59 Å². The van der Waals surface area contributed by atoms with Crippen LogP contribution in [0, 0.1) is 0 Å². The van der Waals surface area contributed by atoms with Gasteiger partial charge in [0.05, 0.1) is 10.6 Å². The van der Waals surface area contributed by atoms with Crippen molar-refractivity contribution >= 4 is 11.8 Å². The van der Waals surface area contributed by atoms with Crippen molar-refractivity contribution in [2.45, 2.75) is 50.2 Å². The van der Waals surface area contributed by atoms with Crippen LogP contribution in [0.15, 0.2) is 44.9 Å². The summed E-state index contributed by atoms with van der Waals surface area (Å²) >= 11 is 1.49. The van der Waals surface area contributed by atoms with E-state index in [-0.39, 0.29) is 16.7 Å². The molecule has 1 unspecified atom stereocenters. The van der Waals surface area contributed by atoms with Crippen LogP contribution in [0.5, 0.6) is 0 Å². The minimum atomic E-state index is -0.209. The summed E-state index contributed by atoms with van der Waals surface area (Å²) in [6, 6.07) is 9.58. The summed E-state index contributed by atoms with van der Waals surface area (Å²) in [5.41, 5.74) is 1.03. The lowest BCUT2D eigenvalue weighted by atomic mass is 10.1. The van der Waals surface area contributed by atoms with Crippen LogP contribution in [0.1, 0.15) is 26.7 Å². The maximum absolute atomic E-state index is 13.0. The lowest BCUT2D eigenvalue weighted by molar-refractivity contribution is 0.111. The highest BCUT2D eigenvalue weighted by molar-refractivity contribution is 7.99. The van der Waals surface area contributed by atoms with Crippen molar-refractivity contribution in [3.63, 3.8) is 0 Å². The van der Waals surface area contributed by atoms with E-state index in [1.165, 1.54) is 16.3 Å². The first-order valence-corrected chi connectivity index (χ1v) is 9.26. The van der Waals surface area contributed by atoms with Gasteiger partial charge in [0.15, 0.2) is 0 Å². The van der Waals surface area contributed by atoms with Crippen molar-refractivity contribution in [3.05, 3.63) is 51.2 Å². The first-order valence-electron chi connectivity index (χ1n) is 8.38. The third kappa shape index (κ3) is 3.08. The Balaban J connectivity index is 2.24. The van der Waals surface area contributed by atoms with Gasteiger partial charge in [-0.15, -0.1) is 0 Å². The monoisotopic (exact) mass is 346 g/mol. The van der Waals surface area contributed by atoms with Crippen molar-refractivity contribution < 1.29 is 4.74 Å². The summed E-state index contributed by atoms with van der Waals surface area (Å²) in [5, 5.41) is 0.730. The van der Waals surface area contributed by atoms with Gasteiger partial charge in [0, 0.05) is 26.1 Å². The van der Waals surface area contributed by atoms with Gasteiger partial charge >= 0.3 is 5.69 Å². The van der Waals surface area contributed by atoms with Gasteiger partial charge in [-0.2, -0.15) is 0 Å².